The minimum absolute atomic E-state index is 0.0860. The van der Waals surface area contributed by atoms with Gasteiger partial charge in [-0.05, 0) is 45.6 Å². The lowest BCUT2D eigenvalue weighted by atomic mass is 10.1. The van der Waals surface area contributed by atoms with Crippen LogP contribution in [0.4, 0.5) is 0 Å². The molecule has 0 aliphatic carbocycles. The normalized spacial score (nSPS) is 12.4. The molecule has 21 heavy (non-hydrogen) atoms. The number of aromatic nitrogens is 2. The molecule has 0 bridgehead atoms. The Morgan fingerprint density at radius 2 is 2.19 bits per heavy atom. The summed E-state index contributed by atoms with van der Waals surface area (Å²) < 4.78 is 0. The highest BCUT2D eigenvalue weighted by atomic mass is 16.1. The summed E-state index contributed by atoms with van der Waals surface area (Å²) in [5, 5.41) is 2.96. The average Bonchev–Trinajstić information content (AvgIpc) is 2.85. The van der Waals surface area contributed by atoms with Gasteiger partial charge in [-0.25, -0.2) is 4.98 Å². The fourth-order valence-corrected chi connectivity index (χ4v) is 2.18. The molecule has 0 radical (unpaired) electrons. The topological polar surface area (TPSA) is 61.0 Å². The number of rotatable bonds is 5. The number of aryl methyl sites for hydroxylation is 1. The SMILES string of the molecule is Cc1cnc([C@H](C)NC(=O)c2cccc(CN(C)C)c2)[nH]1. The highest BCUT2D eigenvalue weighted by Crippen LogP contribution is 2.11. The van der Waals surface area contributed by atoms with E-state index >= 15 is 0 Å². The van der Waals surface area contributed by atoms with Crippen LogP contribution in [-0.4, -0.2) is 34.9 Å². The van der Waals surface area contributed by atoms with Crippen molar-refractivity contribution in [2.24, 2.45) is 0 Å². The minimum Gasteiger partial charge on any atom is -0.344 e. The van der Waals surface area contributed by atoms with Gasteiger partial charge in [0.15, 0.2) is 0 Å². The van der Waals surface area contributed by atoms with E-state index in [-0.39, 0.29) is 11.9 Å². The van der Waals surface area contributed by atoms with Crippen LogP contribution in [0, 0.1) is 6.92 Å². The summed E-state index contributed by atoms with van der Waals surface area (Å²) >= 11 is 0. The molecular formula is C16H22N4O. The first-order chi connectivity index (χ1) is 9.95. The zero-order valence-electron chi connectivity index (χ0n) is 13.0. The number of carbonyl (C=O) groups excluding carboxylic acids is 1. The van der Waals surface area contributed by atoms with E-state index in [1.165, 1.54) is 0 Å². The minimum atomic E-state index is -0.149. The highest BCUT2D eigenvalue weighted by molar-refractivity contribution is 5.94. The number of benzene rings is 1. The van der Waals surface area contributed by atoms with Crippen LogP contribution < -0.4 is 5.32 Å². The molecule has 2 rings (SSSR count). The quantitative estimate of drug-likeness (QED) is 0.886. The molecule has 112 valence electrons. The van der Waals surface area contributed by atoms with E-state index < -0.39 is 0 Å². The smallest absolute Gasteiger partial charge is 0.251 e. The molecule has 5 heteroatoms. The fraction of sp³-hybridized carbons (Fsp3) is 0.375. The van der Waals surface area contributed by atoms with Gasteiger partial charge >= 0.3 is 0 Å². The molecule has 1 aromatic heterocycles. The summed E-state index contributed by atoms with van der Waals surface area (Å²) in [6, 6.07) is 7.54. The van der Waals surface area contributed by atoms with Gasteiger partial charge in [0, 0.05) is 24.0 Å². The summed E-state index contributed by atoms with van der Waals surface area (Å²) in [6.45, 7) is 4.67. The first-order valence-electron chi connectivity index (χ1n) is 7.01. The van der Waals surface area contributed by atoms with Crippen LogP contribution in [0.5, 0.6) is 0 Å². The summed E-state index contributed by atoms with van der Waals surface area (Å²) in [5.41, 5.74) is 2.78. The second kappa shape index (κ2) is 6.54. The molecule has 2 aromatic rings. The van der Waals surface area contributed by atoms with Crippen molar-refractivity contribution in [1.29, 1.82) is 0 Å². The monoisotopic (exact) mass is 286 g/mol. The predicted molar refractivity (Wildman–Crippen MR) is 83.0 cm³/mol. The molecule has 0 aliphatic rings. The van der Waals surface area contributed by atoms with E-state index in [2.05, 4.69) is 20.2 Å². The van der Waals surface area contributed by atoms with Crippen LogP contribution in [-0.2, 0) is 6.54 Å². The summed E-state index contributed by atoms with van der Waals surface area (Å²) in [4.78, 5) is 21.8. The molecule has 0 spiro atoms. The van der Waals surface area contributed by atoms with Gasteiger partial charge in [0.2, 0.25) is 0 Å². The molecule has 0 saturated carbocycles. The molecule has 1 atom stereocenters. The molecular weight excluding hydrogens is 264 g/mol. The second-order valence-corrected chi connectivity index (χ2v) is 5.58. The van der Waals surface area contributed by atoms with Crippen molar-refractivity contribution < 1.29 is 4.79 Å². The van der Waals surface area contributed by atoms with Crippen LogP contribution >= 0.6 is 0 Å². The Kier molecular flexibility index (Phi) is 4.75. The van der Waals surface area contributed by atoms with E-state index in [4.69, 9.17) is 0 Å². The van der Waals surface area contributed by atoms with Crippen LogP contribution in [0.2, 0.25) is 0 Å². The number of carbonyl (C=O) groups is 1. The number of H-pyrrole nitrogens is 1. The Labute approximate surface area is 125 Å². The molecule has 0 fully saturated rings. The third kappa shape index (κ3) is 4.16. The van der Waals surface area contributed by atoms with E-state index in [1.807, 2.05) is 52.2 Å². The van der Waals surface area contributed by atoms with Gasteiger partial charge in [0.1, 0.15) is 5.82 Å². The van der Waals surface area contributed by atoms with Gasteiger partial charge in [-0.15, -0.1) is 0 Å². The van der Waals surface area contributed by atoms with Gasteiger partial charge in [0.25, 0.3) is 5.91 Å². The van der Waals surface area contributed by atoms with Gasteiger partial charge < -0.3 is 15.2 Å². The lowest BCUT2D eigenvalue weighted by Crippen LogP contribution is -2.27. The Bertz CT molecular complexity index is 618. The Balaban J connectivity index is 2.06. The van der Waals surface area contributed by atoms with Crippen molar-refractivity contribution in [1.82, 2.24) is 20.2 Å². The van der Waals surface area contributed by atoms with Crippen molar-refractivity contribution in [3.63, 3.8) is 0 Å². The molecule has 1 aromatic carbocycles. The molecule has 0 unspecified atom stereocenters. The molecule has 2 N–H and O–H groups in total. The lowest BCUT2D eigenvalue weighted by molar-refractivity contribution is 0.0938. The number of nitrogens with one attached hydrogen (secondary N) is 2. The van der Waals surface area contributed by atoms with E-state index in [9.17, 15) is 4.79 Å². The Morgan fingerprint density at radius 3 is 2.81 bits per heavy atom. The van der Waals surface area contributed by atoms with E-state index in [0.29, 0.717) is 5.56 Å². The van der Waals surface area contributed by atoms with Crippen LogP contribution in [0.15, 0.2) is 30.5 Å². The molecule has 5 nitrogen and oxygen atoms in total. The summed E-state index contributed by atoms with van der Waals surface area (Å²) in [5.74, 6) is 0.683. The van der Waals surface area contributed by atoms with E-state index in [1.54, 1.807) is 6.20 Å². The van der Waals surface area contributed by atoms with Crippen LogP contribution in [0.1, 0.15) is 40.4 Å². The maximum atomic E-state index is 12.3. The Morgan fingerprint density at radius 1 is 1.43 bits per heavy atom. The van der Waals surface area contributed by atoms with Crippen molar-refractivity contribution >= 4 is 5.91 Å². The first kappa shape index (κ1) is 15.3. The predicted octanol–water partition coefficient (Wildman–Crippen LogP) is 2.27. The number of amides is 1. The van der Waals surface area contributed by atoms with Gasteiger partial charge in [-0.1, -0.05) is 12.1 Å². The van der Waals surface area contributed by atoms with Crippen molar-refractivity contribution in [3.05, 3.63) is 53.1 Å². The summed E-state index contributed by atoms with van der Waals surface area (Å²) in [7, 11) is 4.02. The third-order valence-electron chi connectivity index (χ3n) is 3.17. The average molecular weight is 286 g/mol. The zero-order valence-corrected chi connectivity index (χ0v) is 13.0. The molecule has 0 saturated heterocycles. The Hall–Kier alpha value is -2.14. The first-order valence-corrected chi connectivity index (χ1v) is 7.01. The van der Waals surface area contributed by atoms with Crippen molar-refractivity contribution in [2.45, 2.75) is 26.4 Å². The highest BCUT2D eigenvalue weighted by Gasteiger charge is 2.14. The van der Waals surface area contributed by atoms with E-state index in [0.717, 1.165) is 23.6 Å². The van der Waals surface area contributed by atoms with Crippen molar-refractivity contribution in [2.75, 3.05) is 14.1 Å². The summed E-state index contributed by atoms with van der Waals surface area (Å²) in [6.07, 6.45) is 1.76. The van der Waals surface area contributed by atoms with Gasteiger partial charge in [0.05, 0.1) is 6.04 Å². The maximum absolute atomic E-state index is 12.3. The second-order valence-electron chi connectivity index (χ2n) is 5.58. The van der Waals surface area contributed by atoms with Crippen LogP contribution in [0.25, 0.3) is 0 Å². The largest absolute Gasteiger partial charge is 0.344 e. The molecule has 0 aliphatic heterocycles. The molecule has 1 amide bonds. The maximum Gasteiger partial charge on any atom is 0.251 e. The van der Waals surface area contributed by atoms with Gasteiger partial charge in [-0.3, -0.25) is 4.79 Å². The van der Waals surface area contributed by atoms with Crippen LogP contribution in [0.3, 0.4) is 0 Å². The number of imidazole rings is 1. The third-order valence-corrected chi connectivity index (χ3v) is 3.17. The zero-order chi connectivity index (χ0) is 15.4. The number of aromatic amines is 1. The van der Waals surface area contributed by atoms with Gasteiger partial charge in [-0.2, -0.15) is 0 Å². The lowest BCUT2D eigenvalue weighted by Gasteiger charge is -2.13. The fourth-order valence-electron chi connectivity index (χ4n) is 2.18. The number of nitrogens with zero attached hydrogens (tertiary/aromatic N) is 2. The van der Waals surface area contributed by atoms with Crippen molar-refractivity contribution in [3.8, 4) is 0 Å². The number of hydrogen-bond donors (Lipinski definition) is 2. The number of hydrogen-bond acceptors (Lipinski definition) is 3. The standard InChI is InChI=1S/C16H22N4O/c1-11-9-17-15(18-11)12(2)19-16(21)14-7-5-6-13(8-14)10-20(3)4/h5-9,12H,10H2,1-4H3,(H,17,18)(H,19,21)/t12-/m0/s1. The molecule has 1 heterocycles.